The lowest BCUT2D eigenvalue weighted by molar-refractivity contribution is 0.211. The van der Waals surface area contributed by atoms with Crippen molar-refractivity contribution < 1.29 is 4.74 Å². The molecule has 1 N–H and O–H groups in total. The molecule has 3 rings (SSSR count). The van der Waals surface area contributed by atoms with Crippen molar-refractivity contribution in [1.82, 2.24) is 9.88 Å². The quantitative estimate of drug-likeness (QED) is 0.830. The van der Waals surface area contributed by atoms with Gasteiger partial charge < -0.3 is 10.1 Å². The van der Waals surface area contributed by atoms with Gasteiger partial charge in [0.25, 0.3) is 0 Å². The number of halogens is 1. The Bertz CT molecular complexity index is 764. The average molecular weight is 371 g/mol. The van der Waals surface area contributed by atoms with E-state index in [1.807, 2.05) is 25.1 Å². The first-order valence-electron chi connectivity index (χ1n) is 8.94. The number of hydrogen-bond donors (Lipinski definition) is 1. The maximum atomic E-state index is 8.83. The van der Waals surface area contributed by atoms with E-state index in [4.69, 9.17) is 21.6 Å². The van der Waals surface area contributed by atoms with E-state index in [2.05, 4.69) is 27.3 Å². The summed E-state index contributed by atoms with van der Waals surface area (Å²) < 4.78 is 5.58. The molecule has 136 valence electrons. The number of likely N-dealkylation sites (tertiary alicyclic amines) is 1. The number of aromatic nitrogens is 1. The summed E-state index contributed by atoms with van der Waals surface area (Å²) in [5, 5.41) is 13.0. The third-order valence-electron chi connectivity index (χ3n) is 4.53. The van der Waals surface area contributed by atoms with Crippen LogP contribution in [0, 0.1) is 11.3 Å². The van der Waals surface area contributed by atoms with Crippen LogP contribution >= 0.6 is 11.6 Å². The lowest BCUT2D eigenvalue weighted by Gasteiger charge is -2.32. The SMILES string of the molecule is CCOc1cc(CN2CCC(Nc3ccc(C#N)cn3)CC2)ccc1Cl. The van der Waals surface area contributed by atoms with Crippen LogP contribution in [0.2, 0.25) is 5.02 Å². The summed E-state index contributed by atoms with van der Waals surface area (Å²) in [5.41, 5.74) is 1.80. The predicted molar refractivity (Wildman–Crippen MR) is 103 cm³/mol. The van der Waals surface area contributed by atoms with Gasteiger partial charge in [-0.1, -0.05) is 17.7 Å². The van der Waals surface area contributed by atoms with Crippen LogP contribution in [0.4, 0.5) is 5.82 Å². The van der Waals surface area contributed by atoms with Crippen LogP contribution in [0.3, 0.4) is 0 Å². The summed E-state index contributed by atoms with van der Waals surface area (Å²) in [6, 6.07) is 12.2. The molecule has 1 aliphatic rings. The van der Waals surface area contributed by atoms with Gasteiger partial charge >= 0.3 is 0 Å². The van der Waals surface area contributed by atoms with E-state index in [1.54, 1.807) is 12.3 Å². The Balaban J connectivity index is 1.50. The van der Waals surface area contributed by atoms with E-state index >= 15 is 0 Å². The molecule has 5 nitrogen and oxygen atoms in total. The highest BCUT2D eigenvalue weighted by Gasteiger charge is 2.19. The number of nitrogens with one attached hydrogen (secondary N) is 1. The Kier molecular flexibility index (Phi) is 6.32. The normalized spacial score (nSPS) is 15.4. The fraction of sp³-hybridized carbons (Fsp3) is 0.400. The zero-order valence-electron chi connectivity index (χ0n) is 14.9. The Morgan fingerprint density at radius 1 is 1.31 bits per heavy atom. The smallest absolute Gasteiger partial charge is 0.138 e. The molecule has 1 saturated heterocycles. The molecule has 0 amide bonds. The van der Waals surface area contributed by atoms with Gasteiger partial charge in [-0.3, -0.25) is 4.90 Å². The highest BCUT2D eigenvalue weighted by atomic mass is 35.5. The third kappa shape index (κ3) is 4.87. The van der Waals surface area contributed by atoms with Crippen LogP contribution in [0.25, 0.3) is 0 Å². The molecular weight excluding hydrogens is 348 g/mol. The van der Waals surface area contributed by atoms with E-state index in [-0.39, 0.29) is 0 Å². The van der Waals surface area contributed by atoms with Gasteiger partial charge in [0, 0.05) is 31.9 Å². The summed E-state index contributed by atoms with van der Waals surface area (Å²) in [5.74, 6) is 1.59. The molecule has 1 aromatic heterocycles. The fourth-order valence-corrected chi connectivity index (χ4v) is 3.33. The van der Waals surface area contributed by atoms with Gasteiger partial charge in [0.05, 0.1) is 17.2 Å². The molecule has 0 spiro atoms. The molecule has 2 aromatic rings. The topological polar surface area (TPSA) is 61.2 Å². The van der Waals surface area contributed by atoms with Crippen LogP contribution in [0.15, 0.2) is 36.5 Å². The molecule has 0 saturated carbocycles. The van der Waals surface area contributed by atoms with E-state index < -0.39 is 0 Å². The molecule has 1 fully saturated rings. The first-order valence-corrected chi connectivity index (χ1v) is 9.32. The number of ether oxygens (including phenoxy) is 1. The number of piperidine rings is 1. The number of benzene rings is 1. The number of anilines is 1. The molecule has 6 heteroatoms. The molecule has 0 radical (unpaired) electrons. The molecular formula is C20H23ClN4O. The molecule has 26 heavy (non-hydrogen) atoms. The minimum atomic E-state index is 0.413. The van der Waals surface area contributed by atoms with Crippen molar-refractivity contribution in [2.75, 3.05) is 25.0 Å². The minimum Gasteiger partial charge on any atom is -0.492 e. The second-order valence-electron chi connectivity index (χ2n) is 6.44. The van der Waals surface area contributed by atoms with Crippen LogP contribution in [-0.2, 0) is 6.54 Å². The van der Waals surface area contributed by atoms with Crippen molar-refractivity contribution in [2.45, 2.75) is 32.4 Å². The molecule has 0 aliphatic carbocycles. The van der Waals surface area contributed by atoms with Crippen molar-refractivity contribution in [3.63, 3.8) is 0 Å². The number of rotatable bonds is 6. The predicted octanol–water partition coefficient (Wildman–Crippen LogP) is 4.08. The van der Waals surface area contributed by atoms with Crippen LogP contribution in [0.5, 0.6) is 5.75 Å². The van der Waals surface area contributed by atoms with E-state index in [0.717, 1.165) is 44.0 Å². The van der Waals surface area contributed by atoms with Crippen molar-refractivity contribution in [3.05, 3.63) is 52.7 Å². The zero-order valence-corrected chi connectivity index (χ0v) is 15.7. The molecule has 0 unspecified atom stereocenters. The Hall–Kier alpha value is -2.29. The number of nitriles is 1. The summed E-state index contributed by atoms with van der Waals surface area (Å²) in [6.45, 7) is 5.53. The lowest BCUT2D eigenvalue weighted by atomic mass is 10.0. The Morgan fingerprint density at radius 2 is 2.12 bits per heavy atom. The summed E-state index contributed by atoms with van der Waals surface area (Å²) in [6.07, 6.45) is 3.73. The maximum absolute atomic E-state index is 8.83. The standard InChI is InChI=1S/C20H23ClN4O/c1-2-26-19-11-15(3-5-18(19)21)14-25-9-7-17(8-10-25)24-20-6-4-16(12-22)13-23-20/h3-6,11,13,17H,2,7-10,14H2,1H3,(H,23,24). The first kappa shape index (κ1) is 18.5. The molecule has 0 bridgehead atoms. The molecule has 1 aliphatic heterocycles. The third-order valence-corrected chi connectivity index (χ3v) is 4.85. The van der Waals surface area contributed by atoms with Gasteiger partial charge in [0.15, 0.2) is 0 Å². The summed E-state index contributed by atoms with van der Waals surface area (Å²) in [4.78, 5) is 6.74. The van der Waals surface area contributed by atoms with E-state index in [0.29, 0.717) is 23.2 Å². The number of nitrogens with zero attached hydrogens (tertiary/aromatic N) is 3. The number of pyridine rings is 1. The highest BCUT2D eigenvalue weighted by Crippen LogP contribution is 2.27. The summed E-state index contributed by atoms with van der Waals surface area (Å²) in [7, 11) is 0. The van der Waals surface area contributed by atoms with Gasteiger partial charge in [0.1, 0.15) is 17.6 Å². The average Bonchev–Trinajstić information content (AvgIpc) is 2.67. The van der Waals surface area contributed by atoms with Crippen LogP contribution in [-0.4, -0.2) is 35.6 Å². The summed E-state index contributed by atoms with van der Waals surface area (Å²) >= 11 is 6.16. The van der Waals surface area contributed by atoms with Crippen molar-refractivity contribution >= 4 is 17.4 Å². The van der Waals surface area contributed by atoms with Gasteiger partial charge in [-0.2, -0.15) is 5.26 Å². The second-order valence-corrected chi connectivity index (χ2v) is 6.84. The van der Waals surface area contributed by atoms with Gasteiger partial charge in [-0.25, -0.2) is 4.98 Å². The fourth-order valence-electron chi connectivity index (χ4n) is 3.16. The van der Waals surface area contributed by atoms with E-state index in [9.17, 15) is 0 Å². The maximum Gasteiger partial charge on any atom is 0.138 e. The molecule has 2 heterocycles. The van der Waals surface area contributed by atoms with E-state index in [1.165, 1.54) is 5.56 Å². The first-order chi connectivity index (χ1) is 12.7. The minimum absolute atomic E-state index is 0.413. The highest BCUT2D eigenvalue weighted by molar-refractivity contribution is 6.32. The van der Waals surface area contributed by atoms with Gasteiger partial charge in [-0.15, -0.1) is 0 Å². The van der Waals surface area contributed by atoms with Crippen molar-refractivity contribution in [3.8, 4) is 11.8 Å². The van der Waals surface area contributed by atoms with Crippen LogP contribution < -0.4 is 10.1 Å². The van der Waals surface area contributed by atoms with Gasteiger partial charge in [0.2, 0.25) is 0 Å². The molecule has 0 atom stereocenters. The zero-order chi connectivity index (χ0) is 18.4. The van der Waals surface area contributed by atoms with Crippen LogP contribution in [0.1, 0.15) is 30.9 Å². The Morgan fingerprint density at radius 3 is 2.77 bits per heavy atom. The Labute approximate surface area is 159 Å². The monoisotopic (exact) mass is 370 g/mol. The largest absolute Gasteiger partial charge is 0.492 e. The lowest BCUT2D eigenvalue weighted by Crippen LogP contribution is -2.38. The number of hydrogen-bond acceptors (Lipinski definition) is 5. The van der Waals surface area contributed by atoms with Crippen molar-refractivity contribution in [2.24, 2.45) is 0 Å². The molecule has 1 aromatic carbocycles. The van der Waals surface area contributed by atoms with Crippen molar-refractivity contribution in [1.29, 1.82) is 5.26 Å². The second kappa shape index (κ2) is 8.88. The van der Waals surface area contributed by atoms with Gasteiger partial charge in [-0.05, 0) is 49.6 Å².